The molecule has 0 amide bonds. The first kappa shape index (κ1) is 15.4. The fraction of sp³-hybridized carbons (Fsp3) is 0.235. The Morgan fingerprint density at radius 1 is 1.24 bits per heavy atom. The summed E-state index contributed by atoms with van der Waals surface area (Å²) in [5.74, 6) is 0.716. The summed E-state index contributed by atoms with van der Waals surface area (Å²) in [6, 6.07) is 14.7. The molecule has 0 aromatic heterocycles. The van der Waals surface area contributed by atoms with Gasteiger partial charge >= 0.3 is 0 Å². The Morgan fingerprint density at radius 2 is 2.05 bits per heavy atom. The number of hydrogen-bond acceptors (Lipinski definition) is 3. The van der Waals surface area contributed by atoms with Crippen LogP contribution in [0, 0.1) is 17.1 Å². The Hall–Kier alpha value is -1.99. The van der Waals surface area contributed by atoms with E-state index in [1.165, 1.54) is 12.1 Å². The summed E-state index contributed by atoms with van der Waals surface area (Å²) < 4.78 is 13.1. The highest BCUT2D eigenvalue weighted by Gasteiger charge is 2.07. The lowest BCUT2D eigenvalue weighted by Gasteiger charge is -2.11. The molecule has 0 unspecified atom stereocenters. The van der Waals surface area contributed by atoms with Gasteiger partial charge in [-0.3, -0.25) is 0 Å². The Kier molecular flexibility index (Phi) is 5.65. The smallest absolute Gasteiger partial charge is 0.123 e. The first-order chi connectivity index (χ1) is 10.2. The molecule has 0 saturated heterocycles. The van der Waals surface area contributed by atoms with Crippen LogP contribution in [0.25, 0.3) is 0 Å². The number of halogens is 1. The van der Waals surface area contributed by atoms with Crippen LogP contribution >= 0.6 is 11.8 Å². The molecule has 1 N–H and O–H groups in total. The van der Waals surface area contributed by atoms with E-state index in [0.717, 1.165) is 21.9 Å². The van der Waals surface area contributed by atoms with Crippen LogP contribution in [0.1, 0.15) is 18.1 Å². The second-order valence-corrected chi connectivity index (χ2v) is 5.84. The molecule has 0 aliphatic carbocycles. The predicted molar refractivity (Wildman–Crippen MR) is 86.1 cm³/mol. The molecule has 0 radical (unpaired) electrons. The minimum Gasteiger partial charge on any atom is -0.384 e. The fourth-order valence-corrected chi connectivity index (χ4v) is 2.89. The molecule has 2 nitrogen and oxygen atoms in total. The third-order valence-electron chi connectivity index (χ3n) is 3.06. The zero-order valence-corrected chi connectivity index (χ0v) is 12.7. The van der Waals surface area contributed by atoms with Crippen LogP contribution in [0.5, 0.6) is 0 Å². The molecule has 2 rings (SSSR count). The van der Waals surface area contributed by atoms with Gasteiger partial charge < -0.3 is 5.32 Å². The van der Waals surface area contributed by atoms with Crippen LogP contribution in [0.2, 0.25) is 0 Å². The van der Waals surface area contributed by atoms with E-state index in [4.69, 9.17) is 0 Å². The van der Waals surface area contributed by atoms with Crippen molar-refractivity contribution in [1.82, 2.24) is 0 Å². The molecule has 0 fully saturated rings. The van der Waals surface area contributed by atoms with E-state index in [1.807, 2.05) is 24.3 Å². The second-order valence-electron chi connectivity index (χ2n) is 4.53. The Bertz CT molecular complexity index is 649. The number of nitriles is 1. The Balaban J connectivity index is 2.03. The first-order valence-electron chi connectivity index (χ1n) is 6.88. The summed E-state index contributed by atoms with van der Waals surface area (Å²) in [4.78, 5) is 0.996. The molecule has 0 aliphatic heterocycles. The fourth-order valence-electron chi connectivity index (χ4n) is 2.10. The first-order valence-corrected chi connectivity index (χ1v) is 7.87. The standard InChI is InChI=1S/C17H17FN2S/c1-2-21-17-8-4-7-16(15(17)12-19)20-10-9-13-5-3-6-14(18)11-13/h3-8,11,20H,2,9-10H2,1H3. The van der Waals surface area contributed by atoms with E-state index >= 15 is 0 Å². The van der Waals surface area contributed by atoms with Crippen molar-refractivity contribution < 1.29 is 4.39 Å². The molecular formula is C17H17FN2S. The van der Waals surface area contributed by atoms with Crippen LogP contribution in [0.15, 0.2) is 47.4 Å². The van der Waals surface area contributed by atoms with Gasteiger partial charge in [0, 0.05) is 11.4 Å². The van der Waals surface area contributed by atoms with Gasteiger partial charge in [-0.1, -0.05) is 25.1 Å². The maximum atomic E-state index is 13.1. The minimum absolute atomic E-state index is 0.216. The highest BCUT2D eigenvalue weighted by atomic mass is 32.2. The number of rotatable bonds is 6. The number of anilines is 1. The quantitative estimate of drug-likeness (QED) is 0.800. The van der Waals surface area contributed by atoms with Gasteiger partial charge in [0.1, 0.15) is 11.9 Å². The molecule has 0 atom stereocenters. The highest BCUT2D eigenvalue weighted by molar-refractivity contribution is 7.99. The van der Waals surface area contributed by atoms with Gasteiger partial charge in [0.2, 0.25) is 0 Å². The van der Waals surface area contributed by atoms with Gasteiger partial charge in [0.15, 0.2) is 0 Å². The number of nitrogens with one attached hydrogen (secondary N) is 1. The van der Waals surface area contributed by atoms with Crippen molar-refractivity contribution in [3.63, 3.8) is 0 Å². The molecule has 0 aliphatic rings. The van der Waals surface area contributed by atoms with E-state index in [-0.39, 0.29) is 5.82 Å². The Morgan fingerprint density at radius 3 is 2.76 bits per heavy atom. The summed E-state index contributed by atoms with van der Waals surface area (Å²) in [5, 5.41) is 12.6. The summed E-state index contributed by atoms with van der Waals surface area (Å²) in [6.07, 6.45) is 0.716. The molecule has 0 saturated carbocycles. The van der Waals surface area contributed by atoms with Gasteiger partial charge in [0.25, 0.3) is 0 Å². The van der Waals surface area contributed by atoms with Gasteiger partial charge in [-0.25, -0.2) is 4.39 Å². The lowest BCUT2D eigenvalue weighted by Crippen LogP contribution is -2.06. The van der Waals surface area contributed by atoms with Gasteiger partial charge in [-0.05, 0) is 42.0 Å². The van der Waals surface area contributed by atoms with Crippen LogP contribution in [0.3, 0.4) is 0 Å². The van der Waals surface area contributed by atoms with Crippen molar-refractivity contribution in [2.24, 2.45) is 0 Å². The zero-order chi connectivity index (χ0) is 15.1. The van der Waals surface area contributed by atoms with Gasteiger partial charge in [-0.2, -0.15) is 5.26 Å². The number of thioether (sulfide) groups is 1. The lowest BCUT2D eigenvalue weighted by atomic mass is 10.1. The summed E-state index contributed by atoms with van der Waals surface area (Å²) in [6.45, 7) is 2.73. The van der Waals surface area contributed by atoms with Gasteiger partial charge in [-0.15, -0.1) is 11.8 Å². The van der Waals surface area contributed by atoms with Crippen LogP contribution in [-0.4, -0.2) is 12.3 Å². The minimum atomic E-state index is -0.216. The van der Waals surface area contributed by atoms with Crippen molar-refractivity contribution >= 4 is 17.4 Å². The van der Waals surface area contributed by atoms with E-state index in [9.17, 15) is 9.65 Å². The molecule has 21 heavy (non-hydrogen) atoms. The molecular weight excluding hydrogens is 283 g/mol. The maximum Gasteiger partial charge on any atom is 0.123 e. The zero-order valence-electron chi connectivity index (χ0n) is 11.9. The third kappa shape index (κ3) is 4.24. The van der Waals surface area contributed by atoms with Crippen molar-refractivity contribution in [2.45, 2.75) is 18.2 Å². The topological polar surface area (TPSA) is 35.8 Å². The highest BCUT2D eigenvalue weighted by Crippen LogP contribution is 2.27. The summed E-state index contributed by atoms with van der Waals surface area (Å²) in [5.41, 5.74) is 2.47. The molecule has 0 bridgehead atoms. The van der Waals surface area contributed by atoms with E-state index in [2.05, 4.69) is 18.3 Å². The van der Waals surface area contributed by atoms with E-state index in [1.54, 1.807) is 17.8 Å². The lowest BCUT2D eigenvalue weighted by molar-refractivity contribution is 0.625. The number of benzene rings is 2. The summed E-state index contributed by atoms with van der Waals surface area (Å²) in [7, 11) is 0. The molecule has 0 spiro atoms. The van der Waals surface area contributed by atoms with Gasteiger partial charge in [0.05, 0.1) is 11.3 Å². The maximum absolute atomic E-state index is 13.1. The van der Waals surface area contributed by atoms with Crippen LogP contribution < -0.4 is 5.32 Å². The van der Waals surface area contributed by atoms with E-state index in [0.29, 0.717) is 18.5 Å². The second kappa shape index (κ2) is 7.70. The third-order valence-corrected chi connectivity index (χ3v) is 4.00. The number of nitrogens with zero attached hydrogens (tertiary/aromatic N) is 1. The molecule has 4 heteroatoms. The van der Waals surface area contributed by atoms with Crippen molar-refractivity contribution in [1.29, 1.82) is 5.26 Å². The largest absolute Gasteiger partial charge is 0.384 e. The molecule has 108 valence electrons. The van der Waals surface area contributed by atoms with Crippen LogP contribution in [-0.2, 0) is 6.42 Å². The average molecular weight is 300 g/mol. The average Bonchev–Trinajstić information content (AvgIpc) is 2.48. The molecule has 2 aromatic rings. The van der Waals surface area contributed by atoms with Crippen LogP contribution in [0.4, 0.5) is 10.1 Å². The monoisotopic (exact) mass is 300 g/mol. The van der Waals surface area contributed by atoms with Crippen molar-refractivity contribution in [2.75, 3.05) is 17.6 Å². The summed E-state index contributed by atoms with van der Waals surface area (Å²) >= 11 is 1.66. The number of hydrogen-bond donors (Lipinski definition) is 1. The van der Waals surface area contributed by atoms with E-state index < -0.39 is 0 Å². The SMILES string of the molecule is CCSc1cccc(NCCc2cccc(F)c2)c1C#N. The van der Waals surface area contributed by atoms with Crippen molar-refractivity contribution in [3.8, 4) is 6.07 Å². The molecule has 0 heterocycles. The van der Waals surface area contributed by atoms with Crippen molar-refractivity contribution in [3.05, 3.63) is 59.4 Å². The normalized spacial score (nSPS) is 10.1. The molecule has 2 aromatic carbocycles. The predicted octanol–water partition coefficient (Wildman–Crippen LogP) is 4.46. The Labute approximate surface area is 129 Å².